The van der Waals surface area contributed by atoms with Gasteiger partial charge in [-0.3, -0.25) is 4.79 Å². The lowest BCUT2D eigenvalue weighted by molar-refractivity contribution is -0.131. The van der Waals surface area contributed by atoms with E-state index in [1.807, 2.05) is 0 Å². The lowest BCUT2D eigenvalue weighted by Gasteiger charge is -1.99. The van der Waals surface area contributed by atoms with E-state index < -0.39 is 0 Å². The Kier molecular flexibility index (Phi) is 2.64. The normalized spacial score (nSPS) is 9.08. The number of hydrogen-bond donors (Lipinski definition) is 0. The molecule has 0 N–H and O–H groups in total. The van der Waals surface area contributed by atoms with Crippen molar-refractivity contribution < 1.29 is 9.53 Å². The van der Waals surface area contributed by atoms with E-state index in [-0.39, 0.29) is 5.97 Å². The van der Waals surface area contributed by atoms with Crippen LogP contribution in [0, 0.1) is 6.58 Å². The molecule has 0 aromatic heterocycles. The van der Waals surface area contributed by atoms with Crippen molar-refractivity contribution in [3.8, 4) is 5.75 Å². The summed E-state index contributed by atoms with van der Waals surface area (Å²) in [5.74, 6) is 0.215. The number of carbonyl (C=O) groups excluding carboxylic acids is 1. The third-order valence-electron chi connectivity index (χ3n) is 1.33. The van der Waals surface area contributed by atoms with Crippen molar-refractivity contribution in [2.45, 2.75) is 6.92 Å². The van der Waals surface area contributed by atoms with Crippen LogP contribution in [0.5, 0.6) is 5.75 Å². The average Bonchev–Trinajstić information content (AvgIpc) is 2.05. The number of ether oxygens (including phenoxy) is 1. The molecule has 0 aliphatic heterocycles. The molecule has 12 heavy (non-hydrogen) atoms. The summed E-state index contributed by atoms with van der Waals surface area (Å²) in [6.07, 6.45) is 1.48. The van der Waals surface area contributed by atoms with Crippen molar-refractivity contribution in [1.29, 1.82) is 0 Å². The molecule has 0 aliphatic rings. The van der Waals surface area contributed by atoms with Crippen molar-refractivity contribution in [3.63, 3.8) is 0 Å². The second kappa shape index (κ2) is 3.72. The van der Waals surface area contributed by atoms with Crippen molar-refractivity contribution >= 4 is 12.0 Å². The molecular formula is C10H9O2. The van der Waals surface area contributed by atoms with Crippen LogP contribution in [0.15, 0.2) is 24.3 Å². The maximum absolute atomic E-state index is 10.5. The van der Waals surface area contributed by atoms with E-state index in [2.05, 4.69) is 0 Å². The van der Waals surface area contributed by atoms with Crippen LogP contribution in [0.1, 0.15) is 12.5 Å². The molecule has 0 amide bonds. The van der Waals surface area contributed by atoms with Gasteiger partial charge in [0.2, 0.25) is 0 Å². The van der Waals surface area contributed by atoms with Gasteiger partial charge in [-0.05, 0) is 17.7 Å². The third kappa shape index (κ3) is 2.23. The Hall–Kier alpha value is -1.57. The van der Waals surface area contributed by atoms with E-state index in [9.17, 15) is 4.79 Å². The topological polar surface area (TPSA) is 26.3 Å². The van der Waals surface area contributed by atoms with Crippen LogP contribution in [0.25, 0.3) is 6.08 Å². The number of benzene rings is 1. The molecule has 0 aliphatic carbocycles. The van der Waals surface area contributed by atoms with Gasteiger partial charge in [-0.15, -0.1) is 0 Å². The van der Waals surface area contributed by atoms with Crippen LogP contribution in [0.2, 0.25) is 0 Å². The van der Waals surface area contributed by atoms with Gasteiger partial charge < -0.3 is 4.74 Å². The van der Waals surface area contributed by atoms with Crippen molar-refractivity contribution in [1.82, 2.24) is 0 Å². The zero-order chi connectivity index (χ0) is 8.97. The maximum atomic E-state index is 10.5. The van der Waals surface area contributed by atoms with Gasteiger partial charge in [-0.2, -0.15) is 0 Å². The summed E-state index contributed by atoms with van der Waals surface area (Å²) in [6, 6.07) is 6.94. The highest BCUT2D eigenvalue weighted by Crippen LogP contribution is 2.12. The second-order valence-corrected chi connectivity index (χ2v) is 2.33. The molecule has 1 aromatic carbocycles. The molecule has 0 unspecified atom stereocenters. The molecule has 0 bridgehead atoms. The van der Waals surface area contributed by atoms with Crippen LogP contribution < -0.4 is 4.74 Å². The molecular weight excluding hydrogens is 152 g/mol. The molecule has 0 spiro atoms. The Labute approximate surface area is 71.5 Å². The van der Waals surface area contributed by atoms with Gasteiger partial charge in [0.05, 0.1) is 0 Å². The number of carbonyl (C=O) groups is 1. The Morgan fingerprint density at radius 2 is 2.00 bits per heavy atom. The minimum atomic E-state index is -0.320. The lowest BCUT2D eigenvalue weighted by atomic mass is 10.2. The summed E-state index contributed by atoms with van der Waals surface area (Å²) < 4.78 is 4.82. The van der Waals surface area contributed by atoms with Gasteiger partial charge in [0.25, 0.3) is 0 Å². The monoisotopic (exact) mass is 161 g/mol. The first-order valence-corrected chi connectivity index (χ1v) is 3.56. The van der Waals surface area contributed by atoms with Gasteiger partial charge in [0, 0.05) is 6.92 Å². The zero-order valence-electron chi connectivity index (χ0n) is 6.78. The largest absolute Gasteiger partial charge is 0.427 e. The van der Waals surface area contributed by atoms with Crippen LogP contribution in [-0.2, 0) is 4.79 Å². The molecule has 1 aromatic rings. The number of hydrogen-bond acceptors (Lipinski definition) is 2. The minimum absolute atomic E-state index is 0.320. The third-order valence-corrected chi connectivity index (χ3v) is 1.33. The summed E-state index contributed by atoms with van der Waals surface area (Å²) in [6.45, 7) is 6.63. The fraction of sp³-hybridized carbons (Fsp3) is 0.100. The van der Waals surface area contributed by atoms with Crippen LogP contribution >= 0.6 is 0 Å². The van der Waals surface area contributed by atoms with E-state index in [1.54, 1.807) is 24.3 Å². The Morgan fingerprint density at radius 3 is 2.42 bits per heavy atom. The molecule has 0 atom stereocenters. The maximum Gasteiger partial charge on any atom is 0.308 e. The number of rotatable bonds is 2. The zero-order valence-corrected chi connectivity index (χ0v) is 6.78. The van der Waals surface area contributed by atoms with Crippen LogP contribution in [-0.4, -0.2) is 5.97 Å². The summed E-state index contributed by atoms with van der Waals surface area (Å²) >= 11 is 0. The molecule has 0 saturated carbocycles. The van der Waals surface area contributed by atoms with Crippen molar-refractivity contribution in [2.24, 2.45) is 0 Å². The van der Waals surface area contributed by atoms with Crippen molar-refractivity contribution in [2.75, 3.05) is 0 Å². The smallest absolute Gasteiger partial charge is 0.308 e. The Balaban J connectivity index is 2.77. The molecule has 2 nitrogen and oxygen atoms in total. The van der Waals surface area contributed by atoms with E-state index in [4.69, 9.17) is 11.3 Å². The molecule has 1 rings (SSSR count). The van der Waals surface area contributed by atoms with Crippen LogP contribution in [0.4, 0.5) is 0 Å². The average molecular weight is 161 g/mol. The molecule has 1 radical (unpaired) electrons. The van der Waals surface area contributed by atoms with Gasteiger partial charge in [0.1, 0.15) is 5.75 Å². The molecule has 0 fully saturated rings. The van der Waals surface area contributed by atoms with E-state index in [0.29, 0.717) is 5.75 Å². The lowest BCUT2D eigenvalue weighted by Crippen LogP contribution is -2.00. The summed E-state index contributed by atoms with van der Waals surface area (Å²) in [4.78, 5) is 10.5. The Bertz CT molecular complexity index is 285. The van der Waals surface area contributed by atoms with Gasteiger partial charge in [-0.1, -0.05) is 24.8 Å². The fourth-order valence-electron chi connectivity index (χ4n) is 0.813. The fourth-order valence-corrected chi connectivity index (χ4v) is 0.813. The predicted octanol–water partition coefficient (Wildman–Crippen LogP) is 2.06. The highest BCUT2D eigenvalue weighted by Gasteiger charge is 1.95. The summed E-state index contributed by atoms with van der Waals surface area (Å²) in [5.41, 5.74) is 0.894. The summed E-state index contributed by atoms with van der Waals surface area (Å²) in [7, 11) is 0. The molecule has 61 valence electrons. The highest BCUT2D eigenvalue weighted by molar-refractivity contribution is 5.69. The standard InChI is InChI=1S/C10H9O2/c1-3-9-4-6-10(7-5-9)12-8(2)11/h1,3-7H,2H3. The van der Waals surface area contributed by atoms with Crippen LogP contribution in [0.3, 0.4) is 0 Å². The SMILES string of the molecule is [CH]=Cc1ccc(OC(C)=O)cc1. The van der Waals surface area contributed by atoms with E-state index in [0.717, 1.165) is 5.56 Å². The van der Waals surface area contributed by atoms with Crippen molar-refractivity contribution in [3.05, 3.63) is 36.4 Å². The summed E-state index contributed by atoms with van der Waals surface area (Å²) in [5, 5.41) is 0. The van der Waals surface area contributed by atoms with E-state index in [1.165, 1.54) is 13.0 Å². The van der Waals surface area contributed by atoms with E-state index >= 15 is 0 Å². The first-order chi connectivity index (χ1) is 5.72. The minimum Gasteiger partial charge on any atom is -0.427 e. The van der Waals surface area contributed by atoms with Gasteiger partial charge in [-0.25, -0.2) is 0 Å². The molecule has 0 saturated heterocycles. The Morgan fingerprint density at radius 1 is 1.42 bits per heavy atom. The first-order valence-electron chi connectivity index (χ1n) is 3.56. The predicted molar refractivity (Wildman–Crippen MR) is 46.5 cm³/mol. The second-order valence-electron chi connectivity index (χ2n) is 2.33. The first kappa shape index (κ1) is 8.53. The highest BCUT2D eigenvalue weighted by atomic mass is 16.5. The van der Waals surface area contributed by atoms with Gasteiger partial charge >= 0.3 is 5.97 Å². The molecule has 2 heteroatoms. The molecule has 0 heterocycles. The van der Waals surface area contributed by atoms with Gasteiger partial charge in [0.15, 0.2) is 0 Å². The quantitative estimate of drug-likeness (QED) is 0.490. The number of esters is 1.